The van der Waals surface area contributed by atoms with E-state index in [0.29, 0.717) is 18.1 Å². The fourth-order valence-corrected chi connectivity index (χ4v) is 3.61. The van der Waals surface area contributed by atoms with Crippen LogP contribution in [0.4, 0.5) is 0 Å². The SMILES string of the molecule is CC/C(=C\c1ccccc1)[C@H]1C[C@H]1N[C@H]1CC[C@H](N)CC1.Cl.Cl. The molecule has 1 aromatic rings. The van der Waals surface area contributed by atoms with Crippen LogP contribution in [-0.2, 0) is 0 Å². The van der Waals surface area contributed by atoms with Crippen LogP contribution in [0.15, 0.2) is 35.9 Å². The van der Waals surface area contributed by atoms with Gasteiger partial charge in [0.25, 0.3) is 0 Å². The van der Waals surface area contributed by atoms with Crippen molar-refractivity contribution in [2.75, 3.05) is 0 Å². The second-order valence-corrected chi connectivity index (χ2v) is 6.71. The third kappa shape index (κ3) is 5.79. The molecule has 130 valence electrons. The molecule has 0 radical (unpaired) electrons. The van der Waals surface area contributed by atoms with Gasteiger partial charge in [0, 0.05) is 18.1 Å². The number of nitrogens with two attached hydrogens (primary N) is 1. The summed E-state index contributed by atoms with van der Waals surface area (Å²) < 4.78 is 0. The van der Waals surface area contributed by atoms with Crippen molar-refractivity contribution in [3.8, 4) is 0 Å². The Morgan fingerprint density at radius 1 is 1.13 bits per heavy atom. The van der Waals surface area contributed by atoms with Gasteiger partial charge in [0.2, 0.25) is 0 Å². The van der Waals surface area contributed by atoms with Gasteiger partial charge in [-0.3, -0.25) is 0 Å². The van der Waals surface area contributed by atoms with Crippen LogP contribution in [0.5, 0.6) is 0 Å². The number of hydrogen-bond donors (Lipinski definition) is 2. The molecule has 2 saturated carbocycles. The van der Waals surface area contributed by atoms with E-state index in [0.717, 1.165) is 12.3 Å². The maximum absolute atomic E-state index is 5.99. The molecule has 3 N–H and O–H groups in total. The molecule has 0 aromatic heterocycles. The Morgan fingerprint density at radius 3 is 2.39 bits per heavy atom. The van der Waals surface area contributed by atoms with Crippen molar-refractivity contribution >= 4 is 30.9 Å². The molecule has 0 saturated heterocycles. The number of benzene rings is 1. The van der Waals surface area contributed by atoms with Gasteiger partial charge in [0.05, 0.1) is 0 Å². The zero-order chi connectivity index (χ0) is 14.7. The highest BCUT2D eigenvalue weighted by Gasteiger charge is 2.40. The average Bonchev–Trinajstić information content (AvgIpc) is 3.27. The summed E-state index contributed by atoms with van der Waals surface area (Å²) >= 11 is 0. The zero-order valence-electron chi connectivity index (χ0n) is 13.9. The molecule has 23 heavy (non-hydrogen) atoms. The molecule has 0 spiro atoms. The monoisotopic (exact) mass is 356 g/mol. The van der Waals surface area contributed by atoms with Crippen molar-refractivity contribution in [1.82, 2.24) is 5.32 Å². The highest BCUT2D eigenvalue weighted by Crippen LogP contribution is 2.40. The number of nitrogens with one attached hydrogen (secondary N) is 1. The minimum Gasteiger partial charge on any atom is -0.328 e. The van der Waals surface area contributed by atoms with E-state index >= 15 is 0 Å². The Balaban J connectivity index is 0.00000132. The number of hydrogen-bond acceptors (Lipinski definition) is 2. The third-order valence-corrected chi connectivity index (χ3v) is 5.05. The predicted molar refractivity (Wildman–Crippen MR) is 104 cm³/mol. The maximum Gasteiger partial charge on any atom is 0.0142 e. The van der Waals surface area contributed by atoms with Crippen molar-refractivity contribution in [2.45, 2.75) is 63.6 Å². The lowest BCUT2D eigenvalue weighted by Gasteiger charge is -2.27. The Hall–Kier alpha value is -0.540. The summed E-state index contributed by atoms with van der Waals surface area (Å²) in [5, 5.41) is 3.87. The van der Waals surface area contributed by atoms with Gasteiger partial charge in [-0.2, -0.15) is 0 Å². The van der Waals surface area contributed by atoms with E-state index in [9.17, 15) is 0 Å². The van der Waals surface area contributed by atoms with Crippen LogP contribution in [0.1, 0.15) is 51.0 Å². The van der Waals surface area contributed by atoms with Crippen molar-refractivity contribution in [2.24, 2.45) is 11.7 Å². The fourth-order valence-electron chi connectivity index (χ4n) is 3.61. The van der Waals surface area contributed by atoms with E-state index in [-0.39, 0.29) is 24.8 Å². The molecular formula is C19H30Cl2N2. The molecule has 4 heteroatoms. The summed E-state index contributed by atoms with van der Waals surface area (Å²) in [6.45, 7) is 2.28. The van der Waals surface area contributed by atoms with E-state index in [1.807, 2.05) is 0 Å². The first kappa shape index (κ1) is 20.5. The summed E-state index contributed by atoms with van der Waals surface area (Å²) in [7, 11) is 0. The summed E-state index contributed by atoms with van der Waals surface area (Å²) in [4.78, 5) is 0. The van der Waals surface area contributed by atoms with Crippen LogP contribution >= 0.6 is 24.8 Å². The van der Waals surface area contributed by atoms with Gasteiger partial charge in [-0.1, -0.05) is 48.9 Å². The fraction of sp³-hybridized carbons (Fsp3) is 0.579. The van der Waals surface area contributed by atoms with Gasteiger partial charge < -0.3 is 11.1 Å². The number of rotatable bonds is 5. The largest absolute Gasteiger partial charge is 0.328 e. The normalized spacial score (nSPS) is 30.1. The molecule has 2 atom stereocenters. The molecule has 0 aliphatic heterocycles. The lowest BCUT2D eigenvalue weighted by molar-refractivity contribution is 0.338. The van der Waals surface area contributed by atoms with Gasteiger partial charge in [-0.25, -0.2) is 0 Å². The number of halogens is 2. The molecule has 0 amide bonds. The summed E-state index contributed by atoms with van der Waals surface area (Å²) in [6, 6.07) is 12.6. The zero-order valence-corrected chi connectivity index (χ0v) is 15.5. The first-order valence-corrected chi connectivity index (χ1v) is 8.53. The molecular weight excluding hydrogens is 327 g/mol. The molecule has 2 aliphatic carbocycles. The lowest BCUT2D eigenvalue weighted by atomic mass is 9.91. The standard InChI is InChI=1S/C19H28N2.2ClH/c1-2-15(12-14-6-4-3-5-7-14)18-13-19(18)21-17-10-8-16(20)9-11-17;;/h3-7,12,16-19,21H,2,8-11,13,20H2,1H3;2*1H/b15-12+;;/t16-,17-,18-,19-;;/m1../s1. The molecule has 1 aromatic carbocycles. The van der Waals surface area contributed by atoms with Crippen LogP contribution in [0.25, 0.3) is 6.08 Å². The van der Waals surface area contributed by atoms with Crippen molar-refractivity contribution in [3.05, 3.63) is 41.5 Å². The molecule has 0 unspecified atom stereocenters. The quantitative estimate of drug-likeness (QED) is 0.810. The Morgan fingerprint density at radius 2 is 1.78 bits per heavy atom. The van der Waals surface area contributed by atoms with Crippen molar-refractivity contribution in [1.29, 1.82) is 0 Å². The maximum atomic E-state index is 5.99. The van der Waals surface area contributed by atoms with Gasteiger partial charge >= 0.3 is 0 Å². The molecule has 0 bridgehead atoms. The van der Waals surface area contributed by atoms with Crippen LogP contribution < -0.4 is 11.1 Å². The summed E-state index contributed by atoms with van der Waals surface area (Å²) in [6.07, 6.45) is 9.76. The van der Waals surface area contributed by atoms with Crippen LogP contribution in [0, 0.1) is 5.92 Å². The van der Waals surface area contributed by atoms with E-state index in [1.54, 1.807) is 5.57 Å². The van der Waals surface area contributed by atoms with Gasteiger partial charge in [-0.15, -0.1) is 24.8 Å². The third-order valence-electron chi connectivity index (χ3n) is 5.05. The second-order valence-electron chi connectivity index (χ2n) is 6.71. The van der Waals surface area contributed by atoms with Crippen LogP contribution in [0.2, 0.25) is 0 Å². The molecule has 0 heterocycles. The van der Waals surface area contributed by atoms with Crippen LogP contribution in [0.3, 0.4) is 0 Å². The highest BCUT2D eigenvalue weighted by atomic mass is 35.5. The van der Waals surface area contributed by atoms with Gasteiger partial charge in [-0.05, 0) is 50.0 Å². The second kappa shape index (κ2) is 9.68. The Labute approximate surface area is 153 Å². The molecule has 2 fully saturated rings. The average molecular weight is 357 g/mol. The smallest absolute Gasteiger partial charge is 0.0142 e. The first-order valence-electron chi connectivity index (χ1n) is 8.53. The Kier molecular flexibility index (Phi) is 8.63. The van der Waals surface area contributed by atoms with Crippen molar-refractivity contribution < 1.29 is 0 Å². The summed E-state index contributed by atoms with van der Waals surface area (Å²) in [5.74, 6) is 0.755. The van der Waals surface area contributed by atoms with Crippen molar-refractivity contribution in [3.63, 3.8) is 0 Å². The van der Waals surface area contributed by atoms with E-state index in [4.69, 9.17) is 5.73 Å². The topological polar surface area (TPSA) is 38.0 Å². The molecule has 2 aliphatic rings. The molecule has 3 rings (SSSR count). The lowest BCUT2D eigenvalue weighted by Crippen LogP contribution is -2.38. The van der Waals surface area contributed by atoms with Gasteiger partial charge in [0.15, 0.2) is 0 Å². The van der Waals surface area contributed by atoms with Crippen LogP contribution in [-0.4, -0.2) is 18.1 Å². The minimum absolute atomic E-state index is 0. The highest BCUT2D eigenvalue weighted by molar-refractivity contribution is 5.85. The minimum atomic E-state index is 0. The van der Waals surface area contributed by atoms with Gasteiger partial charge in [0.1, 0.15) is 0 Å². The van der Waals surface area contributed by atoms with E-state index in [1.165, 1.54) is 37.7 Å². The predicted octanol–water partition coefficient (Wildman–Crippen LogP) is 4.57. The van der Waals surface area contributed by atoms with E-state index in [2.05, 4.69) is 48.6 Å². The summed E-state index contributed by atoms with van der Waals surface area (Å²) in [5.41, 5.74) is 8.93. The molecule has 2 nitrogen and oxygen atoms in total. The van der Waals surface area contributed by atoms with E-state index < -0.39 is 0 Å². The first-order chi connectivity index (χ1) is 10.3. The Bertz CT molecular complexity index is 481.